The molecule has 0 bridgehead atoms. The topological polar surface area (TPSA) is 63.6 Å². The summed E-state index contributed by atoms with van der Waals surface area (Å²) in [4.78, 5) is 3.85. The molecule has 10 heavy (non-hydrogen) atoms. The Labute approximate surface area is 66.3 Å². The van der Waals surface area contributed by atoms with Gasteiger partial charge in [-0.3, -0.25) is 4.98 Å². The maximum Gasteiger partial charge on any atom is 0.107 e. The molecule has 1 rings (SSSR count). The average Bonchev–Trinajstić information content (AvgIpc) is 1.88. The average molecular weight is 201 g/mol. The Morgan fingerprint density at radius 1 is 1.50 bits per heavy atom. The Balaban J connectivity index is 2.95. The highest BCUT2D eigenvalue weighted by Crippen LogP contribution is 2.15. The van der Waals surface area contributed by atoms with Crippen molar-refractivity contribution in [2.24, 2.45) is 16.2 Å². The molecule has 52 valence electrons. The highest BCUT2D eigenvalue weighted by molar-refractivity contribution is 9.10. The second-order valence-electron chi connectivity index (χ2n) is 1.58. The molecule has 0 aromatic carbocycles. The third kappa shape index (κ3) is 1.77. The van der Waals surface area contributed by atoms with Crippen LogP contribution in [0.4, 0.5) is 5.69 Å². The van der Waals surface area contributed by atoms with Crippen molar-refractivity contribution in [2.75, 3.05) is 0 Å². The van der Waals surface area contributed by atoms with Crippen LogP contribution < -0.4 is 5.84 Å². The van der Waals surface area contributed by atoms with E-state index in [1.807, 2.05) is 0 Å². The molecule has 0 radical (unpaired) electrons. The van der Waals surface area contributed by atoms with Crippen molar-refractivity contribution in [3.05, 3.63) is 22.9 Å². The van der Waals surface area contributed by atoms with Crippen molar-refractivity contribution < 1.29 is 0 Å². The van der Waals surface area contributed by atoms with E-state index in [1.165, 1.54) is 0 Å². The van der Waals surface area contributed by atoms with Crippen LogP contribution in [0.15, 0.2) is 33.3 Å². The van der Waals surface area contributed by atoms with Crippen LogP contribution in [-0.4, -0.2) is 4.98 Å². The number of aromatic nitrogens is 1. The van der Waals surface area contributed by atoms with Gasteiger partial charge in [-0.05, 0) is 22.0 Å². The van der Waals surface area contributed by atoms with E-state index in [-0.39, 0.29) is 0 Å². The van der Waals surface area contributed by atoms with Gasteiger partial charge in [-0.2, -0.15) is 0 Å². The van der Waals surface area contributed by atoms with Crippen LogP contribution in [0.1, 0.15) is 0 Å². The summed E-state index contributed by atoms with van der Waals surface area (Å²) in [5.41, 5.74) is 0.636. The summed E-state index contributed by atoms with van der Waals surface area (Å²) < 4.78 is 0.859. The number of hydrogen-bond donors (Lipinski definition) is 1. The normalized spacial score (nSPS) is 10.5. The number of halogens is 1. The molecule has 0 saturated heterocycles. The molecule has 0 aliphatic heterocycles. The second-order valence-corrected chi connectivity index (χ2v) is 2.49. The van der Waals surface area contributed by atoms with E-state index in [2.05, 4.69) is 31.3 Å². The third-order valence-corrected chi connectivity index (χ3v) is 1.30. The molecular weight excluding hydrogens is 196 g/mol. The lowest BCUT2D eigenvalue weighted by Crippen LogP contribution is -1.75. The Morgan fingerprint density at radius 3 is 2.90 bits per heavy atom. The van der Waals surface area contributed by atoms with E-state index in [1.54, 1.807) is 18.5 Å². The van der Waals surface area contributed by atoms with E-state index < -0.39 is 0 Å². The molecule has 2 N–H and O–H groups in total. The first-order valence-corrected chi connectivity index (χ1v) is 3.33. The molecule has 0 atom stereocenters. The highest BCUT2D eigenvalue weighted by atomic mass is 79.9. The minimum atomic E-state index is 0.636. The SMILES string of the molecule is NN=Nc1cncc(Br)c1. The van der Waals surface area contributed by atoms with Crippen LogP contribution in [0.3, 0.4) is 0 Å². The van der Waals surface area contributed by atoms with Crippen molar-refractivity contribution >= 4 is 21.6 Å². The highest BCUT2D eigenvalue weighted by Gasteiger charge is 1.89. The number of nitrogens with zero attached hydrogens (tertiary/aromatic N) is 3. The largest absolute Gasteiger partial charge is 0.305 e. The van der Waals surface area contributed by atoms with Crippen LogP contribution in [-0.2, 0) is 0 Å². The molecule has 4 nitrogen and oxygen atoms in total. The summed E-state index contributed by atoms with van der Waals surface area (Å²) >= 11 is 3.23. The number of hydrogen-bond acceptors (Lipinski definition) is 3. The Kier molecular flexibility index (Phi) is 2.33. The zero-order valence-corrected chi connectivity index (χ0v) is 6.62. The minimum Gasteiger partial charge on any atom is -0.305 e. The van der Waals surface area contributed by atoms with Gasteiger partial charge in [0.15, 0.2) is 0 Å². The van der Waals surface area contributed by atoms with Gasteiger partial charge in [-0.25, -0.2) is 0 Å². The standard InChI is InChI=1S/C5H5BrN4/c6-4-1-5(9-10-7)3-8-2-4/h1-3H,(H2,7,9). The molecular formula is C5H5BrN4. The third-order valence-electron chi connectivity index (χ3n) is 0.864. The molecule has 5 heteroatoms. The smallest absolute Gasteiger partial charge is 0.107 e. The van der Waals surface area contributed by atoms with Gasteiger partial charge in [-0.1, -0.05) is 5.22 Å². The fraction of sp³-hybridized carbons (Fsp3) is 0. The van der Waals surface area contributed by atoms with Gasteiger partial charge in [0.2, 0.25) is 0 Å². The molecule has 0 aliphatic rings. The first-order chi connectivity index (χ1) is 4.83. The molecule has 0 amide bonds. The van der Waals surface area contributed by atoms with E-state index >= 15 is 0 Å². The fourth-order valence-corrected chi connectivity index (χ4v) is 0.875. The van der Waals surface area contributed by atoms with Crippen molar-refractivity contribution in [1.29, 1.82) is 0 Å². The molecule has 0 aliphatic carbocycles. The van der Waals surface area contributed by atoms with Gasteiger partial charge in [-0.15, -0.1) is 5.11 Å². The van der Waals surface area contributed by atoms with E-state index in [9.17, 15) is 0 Å². The van der Waals surface area contributed by atoms with E-state index in [0.717, 1.165) is 4.47 Å². The van der Waals surface area contributed by atoms with E-state index in [4.69, 9.17) is 5.84 Å². The molecule has 0 unspecified atom stereocenters. The van der Waals surface area contributed by atoms with Crippen LogP contribution >= 0.6 is 15.9 Å². The first-order valence-electron chi connectivity index (χ1n) is 2.54. The Hall–Kier alpha value is -0.970. The summed E-state index contributed by atoms with van der Waals surface area (Å²) in [5.74, 6) is 4.83. The number of nitrogens with two attached hydrogens (primary N) is 1. The second kappa shape index (κ2) is 3.26. The van der Waals surface area contributed by atoms with Crippen molar-refractivity contribution in [3.63, 3.8) is 0 Å². The lowest BCUT2D eigenvalue weighted by atomic mass is 10.4. The predicted molar refractivity (Wildman–Crippen MR) is 40.6 cm³/mol. The molecule has 1 aromatic rings. The van der Waals surface area contributed by atoms with Crippen LogP contribution in [0, 0.1) is 0 Å². The summed E-state index contributed by atoms with van der Waals surface area (Å²) in [6, 6.07) is 1.77. The van der Waals surface area contributed by atoms with Gasteiger partial charge in [0, 0.05) is 10.7 Å². The molecule has 0 fully saturated rings. The van der Waals surface area contributed by atoms with Crippen molar-refractivity contribution in [1.82, 2.24) is 4.98 Å². The Bertz CT molecular complexity index is 247. The monoisotopic (exact) mass is 200 g/mol. The van der Waals surface area contributed by atoms with Gasteiger partial charge >= 0.3 is 0 Å². The molecule has 0 spiro atoms. The maximum atomic E-state index is 4.83. The summed E-state index contributed by atoms with van der Waals surface area (Å²) in [7, 11) is 0. The molecule has 1 aromatic heterocycles. The quantitative estimate of drug-likeness (QED) is 0.427. The molecule has 0 saturated carbocycles. The lowest BCUT2D eigenvalue weighted by molar-refractivity contribution is 1.05. The van der Waals surface area contributed by atoms with Crippen molar-refractivity contribution in [3.8, 4) is 0 Å². The van der Waals surface area contributed by atoms with Gasteiger partial charge < -0.3 is 5.84 Å². The van der Waals surface area contributed by atoms with Gasteiger partial charge in [0.1, 0.15) is 5.69 Å². The number of rotatable bonds is 1. The summed E-state index contributed by atoms with van der Waals surface area (Å²) in [6.45, 7) is 0. The summed E-state index contributed by atoms with van der Waals surface area (Å²) in [5, 5.41) is 6.69. The minimum absolute atomic E-state index is 0.636. The van der Waals surface area contributed by atoms with Crippen molar-refractivity contribution in [2.45, 2.75) is 0 Å². The Morgan fingerprint density at radius 2 is 2.30 bits per heavy atom. The van der Waals surface area contributed by atoms with Crippen LogP contribution in [0.5, 0.6) is 0 Å². The lowest BCUT2D eigenvalue weighted by Gasteiger charge is -1.89. The van der Waals surface area contributed by atoms with Gasteiger partial charge in [0.05, 0.1) is 6.20 Å². The number of pyridine rings is 1. The summed E-state index contributed by atoms with van der Waals surface area (Å²) in [6.07, 6.45) is 3.23. The predicted octanol–water partition coefficient (Wildman–Crippen LogP) is 1.80. The van der Waals surface area contributed by atoms with Crippen LogP contribution in [0.2, 0.25) is 0 Å². The molecule has 1 heterocycles. The maximum absolute atomic E-state index is 4.83. The first kappa shape index (κ1) is 7.14. The zero-order valence-electron chi connectivity index (χ0n) is 5.03. The fourth-order valence-electron chi connectivity index (χ4n) is 0.522. The van der Waals surface area contributed by atoms with Crippen LogP contribution in [0.25, 0.3) is 0 Å². The van der Waals surface area contributed by atoms with E-state index in [0.29, 0.717) is 5.69 Å². The zero-order chi connectivity index (χ0) is 7.40. The van der Waals surface area contributed by atoms with Gasteiger partial charge in [0.25, 0.3) is 0 Å².